The van der Waals surface area contributed by atoms with Crippen molar-refractivity contribution in [3.63, 3.8) is 0 Å². The van der Waals surface area contributed by atoms with Gasteiger partial charge in [-0.15, -0.1) is 0 Å². The lowest BCUT2D eigenvalue weighted by Crippen LogP contribution is -2.46. The van der Waals surface area contributed by atoms with Crippen molar-refractivity contribution in [3.8, 4) is 5.75 Å². The van der Waals surface area contributed by atoms with Crippen LogP contribution in [0.1, 0.15) is 20.3 Å². The van der Waals surface area contributed by atoms with Crippen LogP contribution in [0, 0.1) is 0 Å². The van der Waals surface area contributed by atoms with E-state index in [1.54, 1.807) is 31.2 Å². The summed E-state index contributed by atoms with van der Waals surface area (Å²) in [5.74, 6) is -1.23. The average molecular weight is 357 g/mol. The van der Waals surface area contributed by atoms with E-state index in [4.69, 9.17) is 21.1 Å². The molecule has 1 aromatic carbocycles. The van der Waals surface area contributed by atoms with Crippen LogP contribution in [-0.2, 0) is 19.1 Å². The van der Waals surface area contributed by atoms with Gasteiger partial charge in [-0.25, -0.2) is 4.79 Å². The Balaban J connectivity index is 2.27. The Kier molecular flexibility index (Phi) is 8.64. The summed E-state index contributed by atoms with van der Waals surface area (Å²) in [6.45, 7) is 3.14. The van der Waals surface area contributed by atoms with Gasteiger partial charge in [0, 0.05) is 6.54 Å². The van der Waals surface area contributed by atoms with Gasteiger partial charge in [0.2, 0.25) is 5.91 Å². The van der Waals surface area contributed by atoms with Crippen LogP contribution in [0.2, 0.25) is 5.02 Å². The summed E-state index contributed by atoms with van der Waals surface area (Å²) in [6.07, 6.45) is 0.801. The maximum atomic E-state index is 11.6. The molecular formula is C16H21ClN2O5. The van der Waals surface area contributed by atoms with Gasteiger partial charge in [0.25, 0.3) is 5.91 Å². The molecule has 24 heavy (non-hydrogen) atoms. The van der Waals surface area contributed by atoms with Crippen molar-refractivity contribution in [1.82, 2.24) is 10.6 Å². The zero-order valence-corrected chi connectivity index (χ0v) is 14.4. The SMILES string of the molecule is CCCNC(=O)[C@H](C)NC(=O)COC(=O)COc1ccccc1Cl. The van der Waals surface area contributed by atoms with Crippen LogP contribution >= 0.6 is 11.6 Å². The molecule has 2 amide bonds. The van der Waals surface area contributed by atoms with E-state index in [-0.39, 0.29) is 12.5 Å². The van der Waals surface area contributed by atoms with Crippen molar-refractivity contribution in [3.05, 3.63) is 29.3 Å². The van der Waals surface area contributed by atoms with E-state index in [1.807, 2.05) is 6.92 Å². The summed E-state index contributed by atoms with van der Waals surface area (Å²) in [7, 11) is 0. The van der Waals surface area contributed by atoms with Crippen LogP contribution in [0.3, 0.4) is 0 Å². The molecule has 0 aliphatic rings. The molecule has 1 rings (SSSR count). The van der Waals surface area contributed by atoms with Gasteiger partial charge < -0.3 is 20.1 Å². The Morgan fingerprint density at radius 3 is 2.58 bits per heavy atom. The third-order valence-corrected chi connectivity index (χ3v) is 3.18. The van der Waals surface area contributed by atoms with Crippen LogP contribution in [0.15, 0.2) is 24.3 Å². The van der Waals surface area contributed by atoms with Crippen molar-refractivity contribution in [2.45, 2.75) is 26.3 Å². The molecule has 7 nitrogen and oxygen atoms in total. The Morgan fingerprint density at radius 1 is 1.21 bits per heavy atom. The maximum Gasteiger partial charge on any atom is 0.344 e. The highest BCUT2D eigenvalue weighted by Gasteiger charge is 2.16. The van der Waals surface area contributed by atoms with Gasteiger partial charge in [0.1, 0.15) is 11.8 Å². The number of halogens is 1. The molecule has 0 spiro atoms. The van der Waals surface area contributed by atoms with Gasteiger partial charge in [-0.2, -0.15) is 0 Å². The van der Waals surface area contributed by atoms with Crippen molar-refractivity contribution in [2.75, 3.05) is 19.8 Å². The van der Waals surface area contributed by atoms with Crippen molar-refractivity contribution < 1.29 is 23.9 Å². The van der Waals surface area contributed by atoms with Gasteiger partial charge in [-0.05, 0) is 25.5 Å². The Morgan fingerprint density at radius 2 is 1.92 bits per heavy atom. The minimum Gasteiger partial charge on any atom is -0.480 e. The molecule has 0 aliphatic heterocycles. The molecule has 132 valence electrons. The number of esters is 1. The maximum absolute atomic E-state index is 11.6. The summed E-state index contributed by atoms with van der Waals surface area (Å²) in [5.41, 5.74) is 0. The quantitative estimate of drug-likeness (QED) is 0.650. The summed E-state index contributed by atoms with van der Waals surface area (Å²) in [5, 5.41) is 5.46. The smallest absolute Gasteiger partial charge is 0.344 e. The molecule has 0 saturated carbocycles. The van der Waals surface area contributed by atoms with Crippen LogP contribution in [0.4, 0.5) is 0 Å². The first kappa shape index (κ1) is 19.8. The number of hydrogen-bond acceptors (Lipinski definition) is 5. The average Bonchev–Trinajstić information content (AvgIpc) is 2.57. The number of carbonyl (C=O) groups is 3. The largest absolute Gasteiger partial charge is 0.480 e. The topological polar surface area (TPSA) is 93.7 Å². The predicted octanol–water partition coefficient (Wildman–Crippen LogP) is 1.29. The lowest BCUT2D eigenvalue weighted by Gasteiger charge is -2.14. The highest BCUT2D eigenvalue weighted by Crippen LogP contribution is 2.22. The first-order valence-electron chi connectivity index (χ1n) is 7.54. The van der Waals surface area contributed by atoms with Crippen molar-refractivity contribution in [2.24, 2.45) is 0 Å². The Bertz CT molecular complexity index is 579. The van der Waals surface area contributed by atoms with Gasteiger partial charge >= 0.3 is 5.97 Å². The fourth-order valence-corrected chi connectivity index (χ4v) is 1.83. The number of nitrogens with one attached hydrogen (secondary N) is 2. The van der Waals surface area contributed by atoms with Crippen LogP contribution in [0.25, 0.3) is 0 Å². The number of para-hydroxylation sites is 1. The molecular weight excluding hydrogens is 336 g/mol. The molecule has 0 radical (unpaired) electrons. The monoisotopic (exact) mass is 356 g/mol. The number of hydrogen-bond donors (Lipinski definition) is 2. The van der Waals surface area contributed by atoms with Crippen molar-refractivity contribution in [1.29, 1.82) is 0 Å². The van der Waals surface area contributed by atoms with Crippen LogP contribution in [-0.4, -0.2) is 43.6 Å². The van der Waals surface area contributed by atoms with E-state index in [1.165, 1.54) is 0 Å². The zero-order valence-electron chi connectivity index (χ0n) is 13.6. The first-order valence-corrected chi connectivity index (χ1v) is 7.91. The second kappa shape index (κ2) is 10.5. The lowest BCUT2D eigenvalue weighted by atomic mass is 10.3. The van der Waals surface area contributed by atoms with Crippen LogP contribution < -0.4 is 15.4 Å². The molecule has 1 aromatic rings. The van der Waals surface area contributed by atoms with Crippen molar-refractivity contribution >= 4 is 29.4 Å². The number of ether oxygens (including phenoxy) is 2. The predicted molar refractivity (Wildman–Crippen MR) is 88.8 cm³/mol. The summed E-state index contributed by atoms with van der Waals surface area (Å²) in [6, 6.07) is 5.97. The minimum absolute atomic E-state index is 0.293. The second-order valence-corrected chi connectivity index (χ2v) is 5.37. The van der Waals surface area contributed by atoms with Crippen LogP contribution in [0.5, 0.6) is 5.75 Å². The first-order chi connectivity index (χ1) is 11.4. The highest BCUT2D eigenvalue weighted by atomic mass is 35.5. The van der Waals surface area contributed by atoms with Gasteiger partial charge in [-0.1, -0.05) is 30.7 Å². The molecule has 2 N–H and O–H groups in total. The summed E-state index contributed by atoms with van der Waals surface area (Å²) < 4.78 is 9.97. The molecule has 0 bridgehead atoms. The molecule has 0 unspecified atom stereocenters. The van der Waals surface area contributed by atoms with Gasteiger partial charge in [0.05, 0.1) is 5.02 Å². The Hall–Kier alpha value is -2.28. The molecule has 0 aliphatic carbocycles. The van der Waals surface area contributed by atoms with E-state index in [0.717, 1.165) is 6.42 Å². The second-order valence-electron chi connectivity index (χ2n) is 4.96. The molecule has 1 atom stereocenters. The summed E-state index contributed by atoms with van der Waals surface area (Å²) >= 11 is 5.88. The normalized spacial score (nSPS) is 11.3. The highest BCUT2D eigenvalue weighted by molar-refractivity contribution is 6.32. The van der Waals surface area contributed by atoms with E-state index in [0.29, 0.717) is 17.3 Å². The number of benzene rings is 1. The van der Waals surface area contributed by atoms with E-state index >= 15 is 0 Å². The van der Waals surface area contributed by atoms with E-state index in [9.17, 15) is 14.4 Å². The fourth-order valence-electron chi connectivity index (χ4n) is 1.64. The number of amides is 2. The standard InChI is InChI=1S/C16H21ClN2O5/c1-3-8-18-16(22)11(2)19-14(20)9-24-15(21)10-23-13-7-5-4-6-12(13)17/h4-7,11H,3,8-10H2,1-2H3,(H,18,22)(H,19,20)/t11-/m0/s1. The van der Waals surface area contributed by atoms with E-state index < -0.39 is 24.5 Å². The molecule has 0 aromatic heterocycles. The minimum atomic E-state index is -0.715. The third-order valence-electron chi connectivity index (χ3n) is 2.87. The number of carbonyl (C=O) groups excluding carboxylic acids is 3. The molecule has 0 saturated heterocycles. The zero-order chi connectivity index (χ0) is 17.9. The fraction of sp³-hybridized carbons (Fsp3) is 0.438. The Labute approximate surface area is 145 Å². The molecule has 0 heterocycles. The van der Waals surface area contributed by atoms with Gasteiger partial charge in [-0.3, -0.25) is 9.59 Å². The molecule has 0 fully saturated rings. The number of rotatable bonds is 9. The van der Waals surface area contributed by atoms with E-state index in [2.05, 4.69) is 10.6 Å². The van der Waals surface area contributed by atoms with Gasteiger partial charge in [0.15, 0.2) is 13.2 Å². The third kappa shape index (κ3) is 7.32. The molecule has 8 heteroatoms. The lowest BCUT2D eigenvalue weighted by molar-refractivity contribution is -0.150. The summed E-state index contributed by atoms with van der Waals surface area (Å²) in [4.78, 5) is 34.8.